The van der Waals surface area contributed by atoms with Crippen LogP contribution in [0.1, 0.15) is 53.0 Å². The zero-order valence-corrected chi connectivity index (χ0v) is 20.6. The van der Waals surface area contributed by atoms with Gasteiger partial charge in [0.05, 0.1) is 31.6 Å². The molecule has 1 atom stereocenters. The maximum absolute atomic E-state index is 13.6. The van der Waals surface area contributed by atoms with E-state index in [1.165, 1.54) is 5.56 Å². The number of aromatic amines is 1. The van der Waals surface area contributed by atoms with Crippen molar-refractivity contribution >= 4 is 5.91 Å². The third kappa shape index (κ3) is 4.97. The third-order valence-corrected chi connectivity index (χ3v) is 6.91. The van der Waals surface area contributed by atoms with E-state index in [9.17, 15) is 4.79 Å². The van der Waals surface area contributed by atoms with E-state index in [4.69, 9.17) is 9.47 Å². The van der Waals surface area contributed by atoms with E-state index in [2.05, 4.69) is 65.3 Å². The Kier molecular flexibility index (Phi) is 7.16. The average Bonchev–Trinajstić information content (AvgIpc) is 3.43. The van der Waals surface area contributed by atoms with Gasteiger partial charge in [0, 0.05) is 37.3 Å². The molecule has 1 N–H and O–H groups in total. The maximum Gasteiger partial charge on any atom is 0.273 e. The number of hydrogen-bond acceptors (Lipinski definition) is 5. The van der Waals surface area contributed by atoms with Crippen LogP contribution in [0, 0.1) is 6.92 Å². The van der Waals surface area contributed by atoms with Crippen molar-refractivity contribution in [1.82, 2.24) is 20.0 Å². The largest absolute Gasteiger partial charge is 0.494 e. The first kappa shape index (κ1) is 23.6. The minimum atomic E-state index is -0.196. The smallest absolute Gasteiger partial charge is 0.273 e. The Bertz CT molecular complexity index is 1130. The zero-order chi connectivity index (χ0) is 24.2. The molecule has 0 spiro atoms. The van der Waals surface area contributed by atoms with Gasteiger partial charge in [-0.1, -0.05) is 55.3 Å². The molecule has 0 aliphatic carbocycles. The lowest BCUT2D eigenvalue weighted by Crippen LogP contribution is -2.42. The highest BCUT2D eigenvalue weighted by molar-refractivity contribution is 6.00. The van der Waals surface area contributed by atoms with Crippen molar-refractivity contribution in [3.8, 4) is 17.0 Å². The summed E-state index contributed by atoms with van der Waals surface area (Å²) < 4.78 is 11.4. The fourth-order valence-electron chi connectivity index (χ4n) is 4.86. The number of carbonyl (C=O) groups is 1. The van der Waals surface area contributed by atoms with Crippen molar-refractivity contribution in [3.05, 3.63) is 70.9 Å². The molecule has 3 aromatic rings. The van der Waals surface area contributed by atoms with Gasteiger partial charge in [-0.15, -0.1) is 0 Å². The van der Waals surface area contributed by atoms with E-state index < -0.39 is 0 Å². The Morgan fingerprint density at radius 2 is 1.80 bits per heavy atom. The van der Waals surface area contributed by atoms with Gasteiger partial charge < -0.3 is 14.4 Å². The van der Waals surface area contributed by atoms with Gasteiger partial charge >= 0.3 is 0 Å². The predicted octanol–water partition coefficient (Wildman–Crippen LogP) is 4.44. The Labute approximate surface area is 207 Å². The van der Waals surface area contributed by atoms with Crippen LogP contribution in [0.2, 0.25) is 0 Å². The number of nitrogens with zero attached hydrogens (tertiary/aromatic N) is 3. The first-order valence-corrected chi connectivity index (χ1v) is 12.6. The number of rotatable bonds is 9. The average molecular weight is 475 g/mol. The maximum atomic E-state index is 13.6. The molecule has 2 aliphatic heterocycles. The SMILES string of the molecule is CCCCOc1ccc(C2c3c(-c4ccc(C)cc4)n[nH]c3C(=O)N2CCN2CCOCC2)cc1. The number of fused-ring (bicyclic) bond motifs is 1. The second-order valence-electron chi connectivity index (χ2n) is 9.35. The number of aryl methyl sites for hydroxylation is 1. The molecule has 7 nitrogen and oxygen atoms in total. The summed E-state index contributed by atoms with van der Waals surface area (Å²) in [5.74, 6) is 0.866. The molecule has 2 aromatic carbocycles. The second kappa shape index (κ2) is 10.6. The van der Waals surface area contributed by atoms with Gasteiger partial charge in [0.25, 0.3) is 5.91 Å². The van der Waals surface area contributed by atoms with Crippen molar-refractivity contribution in [2.24, 2.45) is 0 Å². The number of aromatic nitrogens is 2. The Hall–Kier alpha value is -3.16. The van der Waals surface area contributed by atoms with Crippen molar-refractivity contribution < 1.29 is 14.3 Å². The highest BCUT2D eigenvalue weighted by atomic mass is 16.5. The van der Waals surface area contributed by atoms with Crippen LogP contribution >= 0.6 is 0 Å². The van der Waals surface area contributed by atoms with Crippen LogP contribution in [-0.2, 0) is 4.74 Å². The summed E-state index contributed by atoms with van der Waals surface area (Å²) >= 11 is 0. The highest BCUT2D eigenvalue weighted by Crippen LogP contribution is 2.43. The van der Waals surface area contributed by atoms with Gasteiger partial charge in [-0.2, -0.15) is 5.10 Å². The van der Waals surface area contributed by atoms with Crippen molar-refractivity contribution in [1.29, 1.82) is 0 Å². The molecule has 0 radical (unpaired) electrons. The number of unbranched alkanes of at least 4 members (excludes halogenated alkanes) is 1. The van der Waals surface area contributed by atoms with Gasteiger partial charge in [-0.25, -0.2) is 0 Å². The summed E-state index contributed by atoms with van der Waals surface area (Å²) in [4.78, 5) is 17.9. The summed E-state index contributed by atoms with van der Waals surface area (Å²) in [6.07, 6.45) is 2.14. The Morgan fingerprint density at radius 1 is 1.06 bits per heavy atom. The van der Waals surface area contributed by atoms with E-state index in [1.54, 1.807) is 0 Å². The van der Waals surface area contributed by atoms with Gasteiger partial charge in [0.15, 0.2) is 0 Å². The number of morpholine rings is 1. The molecule has 1 amide bonds. The van der Waals surface area contributed by atoms with Gasteiger partial charge in [-0.3, -0.25) is 14.8 Å². The highest BCUT2D eigenvalue weighted by Gasteiger charge is 2.42. The molecule has 1 saturated heterocycles. The normalized spacial score (nSPS) is 18.2. The number of benzene rings is 2. The lowest BCUT2D eigenvalue weighted by molar-refractivity contribution is 0.0316. The van der Waals surface area contributed by atoms with E-state index in [0.717, 1.165) is 73.8 Å². The Morgan fingerprint density at radius 3 is 2.51 bits per heavy atom. The lowest BCUT2D eigenvalue weighted by Gasteiger charge is -2.31. The minimum absolute atomic E-state index is 0.00685. The monoisotopic (exact) mass is 474 g/mol. The van der Waals surface area contributed by atoms with Crippen LogP contribution < -0.4 is 4.74 Å². The summed E-state index contributed by atoms with van der Waals surface area (Å²) in [6.45, 7) is 9.71. The van der Waals surface area contributed by atoms with E-state index in [1.807, 2.05) is 17.0 Å². The lowest BCUT2D eigenvalue weighted by atomic mass is 9.95. The molecule has 5 rings (SSSR count). The predicted molar refractivity (Wildman–Crippen MR) is 136 cm³/mol. The summed E-state index contributed by atoms with van der Waals surface area (Å²) in [7, 11) is 0. The van der Waals surface area contributed by atoms with E-state index in [0.29, 0.717) is 18.8 Å². The molecule has 1 unspecified atom stereocenters. The molecule has 7 heteroatoms. The van der Waals surface area contributed by atoms with Gasteiger partial charge in [-0.05, 0) is 31.0 Å². The van der Waals surface area contributed by atoms with Crippen LogP contribution in [0.5, 0.6) is 5.75 Å². The second-order valence-corrected chi connectivity index (χ2v) is 9.35. The molecule has 35 heavy (non-hydrogen) atoms. The van der Waals surface area contributed by atoms with E-state index >= 15 is 0 Å². The standard InChI is InChI=1S/C28H34N4O3/c1-3-4-17-35-23-11-9-22(10-12-23)27-24-25(21-7-5-20(2)6-8-21)29-30-26(24)28(33)32(27)14-13-31-15-18-34-19-16-31/h5-12,27H,3-4,13-19H2,1-2H3,(H,29,30). The molecule has 2 aliphatic rings. The first-order chi connectivity index (χ1) is 17.2. The van der Waals surface area contributed by atoms with Crippen molar-refractivity contribution in [2.45, 2.75) is 32.7 Å². The Balaban J connectivity index is 1.47. The fourth-order valence-corrected chi connectivity index (χ4v) is 4.86. The number of amides is 1. The molecular formula is C28H34N4O3. The summed E-state index contributed by atoms with van der Waals surface area (Å²) in [6, 6.07) is 16.3. The van der Waals surface area contributed by atoms with Gasteiger partial charge in [0.2, 0.25) is 0 Å². The van der Waals surface area contributed by atoms with Crippen molar-refractivity contribution in [3.63, 3.8) is 0 Å². The minimum Gasteiger partial charge on any atom is -0.494 e. The fraction of sp³-hybridized carbons (Fsp3) is 0.429. The number of H-pyrrole nitrogens is 1. The molecule has 3 heterocycles. The zero-order valence-electron chi connectivity index (χ0n) is 20.6. The quantitative estimate of drug-likeness (QED) is 0.464. The first-order valence-electron chi connectivity index (χ1n) is 12.6. The molecule has 1 fully saturated rings. The number of ether oxygens (including phenoxy) is 2. The van der Waals surface area contributed by atoms with Crippen LogP contribution in [0.4, 0.5) is 0 Å². The van der Waals surface area contributed by atoms with Crippen LogP contribution in [0.15, 0.2) is 48.5 Å². The summed E-state index contributed by atoms with van der Waals surface area (Å²) in [5, 5.41) is 7.65. The number of hydrogen-bond donors (Lipinski definition) is 1. The van der Waals surface area contributed by atoms with Crippen molar-refractivity contribution in [2.75, 3.05) is 46.0 Å². The van der Waals surface area contributed by atoms with Crippen LogP contribution in [0.25, 0.3) is 11.3 Å². The van der Waals surface area contributed by atoms with Crippen LogP contribution in [0.3, 0.4) is 0 Å². The molecule has 1 aromatic heterocycles. The number of nitrogens with one attached hydrogen (secondary N) is 1. The summed E-state index contributed by atoms with van der Waals surface area (Å²) in [5.41, 5.74) is 5.67. The molecular weight excluding hydrogens is 440 g/mol. The number of carbonyl (C=O) groups excluding carboxylic acids is 1. The topological polar surface area (TPSA) is 70.7 Å². The van der Waals surface area contributed by atoms with Gasteiger partial charge in [0.1, 0.15) is 11.4 Å². The third-order valence-electron chi connectivity index (χ3n) is 6.91. The van der Waals surface area contributed by atoms with E-state index in [-0.39, 0.29) is 11.9 Å². The van der Waals surface area contributed by atoms with Crippen LogP contribution in [-0.4, -0.2) is 71.9 Å². The molecule has 184 valence electrons. The molecule has 0 bridgehead atoms. The molecule has 0 saturated carbocycles.